The zero-order valence-electron chi connectivity index (χ0n) is 10.9. The summed E-state index contributed by atoms with van der Waals surface area (Å²) in [7, 11) is 0. The van der Waals surface area contributed by atoms with E-state index in [1.54, 1.807) is 24.3 Å². The van der Waals surface area contributed by atoms with Crippen LogP contribution in [0.15, 0.2) is 24.3 Å². The minimum absolute atomic E-state index is 0.0147. The Labute approximate surface area is 107 Å². The second kappa shape index (κ2) is 7.61. The van der Waals surface area contributed by atoms with Gasteiger partial charge in [-0.05, 0) is 37.6 Å². The number of rotatable bonds is 7. The quantitative estimate of drug-likeness (QED) is 0.597. The number of benzene rings is 1. The molecule has 0 radical (unpaired) electrons. The van der Waals surface area contributed by atoms with Gasteiger partial charge in [0.2, 0.25) is 5.91 Å². The zero-order chi connectivity index (χ0) is 13.4. The Kier molecular flexibility index (Phi) is 6.08. The number of carbonyl (C=O) groups is 2. The van der Waals surface area contributed by atoms with E-state index in [4.69, 9.17) is 4.74 Å². The lowest BCUT2D eigenvalue weighted by Crippen LogP contribution is -2.14. The molecule has 0 aliphatic carbocycles. The number of hydrogen-bond donors (Lipinski definition) is 1. The van der Waals surface area contributed by atoms with Crippen molar-refractivity contribution in [1.82, 2.24) is 0 Å². The second-order valence-electron chi connectivity index (χ2n) is 4.04. The lowest BCUT2D eigenvalue weighted by Gasteiger charge is -2.06. The number of anilines is 1. The summed E-state index contributed by atoms with van der Waals surface area (Å²) in [6.07, 6.45) is 1.29. The molecule has 0 atom stereocenters. The highest BCUT2D eigenvalue weighted by Gasteiger charge is 2.03. The monoisotopic (exact) mass is 249 g/mol. The van der Waals surface area contributed by atoms with Crippen LogP contribution in [-0.4, -0.2) is 24.9 Å². The first-order valence-corrected chi connectivity index (χ1v) is 6.12. The van der Waals surface area contributed by atoms with Crippen LogP contribution in [0.3, 0.4) is 0 Å². The van der Waals surface area contributed by atoms with Crippen molar-refractivity contribution in [3.63, 3.8) is 0 Å². The van der Waals surface area contributed by atoms with Crippen LogP contribution in [0.1, 0.15) is 37.0 Å². The SMILES string of the molecule is CCCOCCC(=O)Nc1ccc(C(C)=O)cc1. The van der Waals surface area contributed by atoms with Crippen LogP contribution < -0.4 is 5.32 Å². The van der Waals surface area contributed by atoms with Crippen LogP contribution >= 0.6 is 0 Å². The van der Waals surface area contributed by atoms with E-state index in [9.17, 15) is 9.59 Å². The summed E-state index contributed by atoms with van der Waals surface area (Å²) in [5, 5.41) is 2.75. The number of amides is 1. The smallest absolute Gasteiger partial charge is 0.226 e. The maximum atomic E-state index is 11.5. The third-order valence-corrected chi connectivity index (χ3v) is 2.40. The maximum Gasteiger partial charge on any atom is 0.226 e. The lowest BCUT2D eigenvalue weighted by atomic mass is 10.1. The van der Waals surface area contributed by atoms with Crippen molar-refractivity contribution in [3.05, 3.63) is 29.8 Å². The fourth-order valence-electron chi connectivity index (χ4n) is 1.42. The van der Waals surface area contributed by atoms with E-state index in [1.807, 2.05) is 6.92 Å². The van der Waals surface area contributed by atoms with E-state index in [1.165, 1.54) is 6.92 Å². The first-order chi connectivity index (χ1) is 8.63. The highest BCUT2D eigenvalue weighted by molar-refractivity contribution is 5.95. The van der Waals surface area contributed by atoms with Gasteiger partial charge in [0, 0.05) is 17.9 Å². The minimum Gasteiger partial charge on any atom is -0.381 e. The Morgan fingerprint density at radius 1 is 1.17 bits per heavy atom. The first-order valence-electron chi connectivity index (χ1n) is 6.12. The predicted octanol–water partition coefficient (Wildman–Crippen LogP) is 2.64. The van der Waals surface area contributed by atoms with Gasteiger partial charge in [-0.3, -0.25) is 9.59 Å². The predicted molar refractivity (Wildman–Crippen MR) is 70.8 cm³/mol. The molecule has 0 heterocycles. The van der Waals surface area contributed by atoms with Gasteiger partial charge in [0.15, 0.2) is 5.78 Å². The number of Topliss-reactive ketones (excluding diaryl/α,β-unsaturated/α-hetero) is 1. The third-order valence-electron chi connectivity index (χ3n) is 2.40. The molecule has 0 saturated carbocycles. The number of carbonyl (C=O) groups excluding carboxylic acids is 2. The number of nitrogens with one attached hydrogen (secondary N) is 1. The van der Waals surface area contributed by atoms with Crippen molar-refractivity contribution in [2.45, 2.75) is 26.7 Å². The summed E-state index contributed by atoms with van der Waals surface area (Å²) < 4.78 is 5.24. The fourth-order valence-corrected chi connectivity index (χ4v) is 1.42. The summed E-state index contributed by atoms with van der Waals surface area (Å²) in [6.45, 7) is 4.65. The van der Waals surface area contributed by atoms with Crippen LogP contribution in [0.2, 0.25) is 0 Å². The molecule has 0 aliphatic rings. The molecule has 4 nitrogen and oxygen atoms in total. The van der Waals surface area contributed by atoms with Crippen molar-refractivity contribution in [1.29, 1.82) is 0 Å². The van der Waals surface area contributed by atoms with Crippen molar-refractivity contribution in [3.8, 4) is 0 Å². The Balaban J connectivity index is 2.37. The van der Waals surface area contributed by atoms with Crippen LogP contribution in [0, 0.1) is 0 Å². The molecule has 0 fully saturated rings. The topological polar surface area (TPSA) is 55.4 Å². The maximum absolute atomic E-state index is 11.5. The van der Waals surface area contributed by atoms with Gasteiger partial charge < -0.3 is 10.1 Å². The van der Waals surface area contributed by atoms with Gasteiger partial charge in [-0.25, -0.2) is 0 Å². The molecule has 0 aliphatic heterocycles. The molecule has 0 aromatic heterocycles. The fraction of sp³-hybridized carbons (Fsp3) is 0.429. The molecule has 0 saturated heterocycles. The third kappa shape index (κ3) is 5.10. The van der Waals surface area contributed by atoms with Crippen LogP contribution in [0.4, 0.5) is 5.69 Å². The van der Waals surface area contributed by atoms with E-state index in [0.717, 1.165) is 6.42 Å². The largest absolute Gasteiger partial charge is 0.381 e. The van der Waals surface area contributed by atoms with Gasteiger partial charge in [0.05, 0.1) is 13.0 Å². The van der Waals surface area contributed by atoms with Gasteiger partial charge in [-0.2, -0.15) is 0 Å². The molecule has 0 bridgehead atoms. The van der Waals surface area contributed by atoms with Gasteiger partial charge in [0.25, 0.3) is 0 Å². The van der Waals surface area contributed by atoms with E-state index >= 15 is 0 Å². The molecular weight excluding hydrogens is 230 g/mol. The molecule has 1 rings (SSSR count). The van der Waals surface area contributed by atoms with E-state index < -0.39 is 0 Å². The normalized spacial score (nSPS) is 10.1. The number of ketones is 1. The summed E-state index contributed by atoms with van der Waals surface area (Å²) in [6, 6.07) is 6.85. The lowest BCUT2D eigenvalue weighted by molar-refractivity contribution is -0.117. The Morgan fingerprint density at radius 2 is 1.83 bits per heavy atom. The van der Waals surface area contributed by atoms with E-state index in [0.29, 0.717) is 30.9 Å². The molecule has 4 heteroatoms. The van der Waals surface area contributed by atoms with E-state index in [2.05, 4.69) is 5.32 Å². The Morgan fingerprint density at radius 3 is 2.39 bits per heavy atom. The molecule has 18 heavy (non-hydrogen) atoms. The van der Waals surface area contributed by atoms with Crippen LogP contribution in [0.5, 0.6) is 0 Å². The van der Waals surface area contributed by atoms with Gasteiger partial charge in [-0.1, -0.05) is 6.92 Å². The van der Waals surface area contributed by atoms with Crippen molar-refractivity contribution >= 4 is 17.4 Å². The summed E-state index contributed by atoms with van der Waals surface area (Å²) >= 11 is 0. The first kappa shape index (κ1) is 14.4. The highest BCUT2D eigenvalue weighted by Crippen LogP contribution is 2.10. The van der Waals surface area contributed by atoms with Crippen molar-refractivity contribution in [2.24, 2.45) is 0 Å². The average molecular weight is 249 g/mol. The second-order valence-corrected chi connectivity index (χ2v) is 4.04. The average Bonchev–Trinajstić information content (AvgIpc) is 2.35. The number of hydrogen-bond acceptors (Lipinski definition) is 3. The minimum atomic E-state index is -0.0818. The molecule has 0 spiro atoms. The Hall–Kier alpha value is -1.68. The summed E-state index contributed by atoms with van der Waals surface area (Å²) in [4.78, 5) is 22.6. The van der Waals surface area contributed by atoms with Gasteiger partial charge in [0.1, 0.15) is 0 Å². The molecule has 1 aromatic carbocycles. The van der Waals surface area contributed by atoms with Crippen LogP contribution in [-0.2, 0) is 9.53 Å². The molecule has 98 valence electrons. The molecule has 0 unspecified atom stereocenters. The summed E-state index contributed by atoms with van der Waals surface area (Å²) in [5.41, 5.74) is 1.33. The molecule has 1 aromatic rings. The van der Waals surface area contributed by atoms with E-state index in [-0.39, 0.29) is 11.7 Å². The molecule has 1 N–H and O–H groups in total. The summed E-state index contributed by atoms with van der Waals surface area (Å²) in [5.74, 6) is -0.0671. The number of ether oxygens (including phenoxy) is 1. The standard InChI is InChI=1S/C14H19NO3/c1-3-9-18-10-8-14(17)15-13-6-4-12(5-7-13)11(2)16/h4-7H,3,8-10H2,1-2H3,(H,15,17). The van der Waals surface area contributed by atoms with Crippen molar-refractivity contribution < 1.29 is 14.3 Å². The highest BCUT2D eigenvalue weighted by atomic mass is 16.5. The van der Waals surface area contributed by atoms with Crippen LogP contribution in [0.25, 0.3) is 0 Å². The molecule has 1 amide bonds. The molecular formula is C14H19NO3. The van der Waals surface area contributed by atoms with Gasteiger partial charge >= 0.3 is 0 Å². The van der Waals surface area contributed by atoms with Crippen molar-refractivity contribution in [2.75, 3.05) is 18.5 Å². The zero-order valence-corrected chi connectivity index (χ0v) is 10.9. The Bertz CT molecular complexity index is 398. The van der Waals surface area contributed by atoms with Gasteiger partial charge in [-0.15, -0.1) is 0 Å².